The lowest BCUT2D eigenvalue weighted by Crippen LogP contribution is -2.16. The van der Waals surface area contributed by atoms with Gasteiger partial charge in [0, 0.05) is 72.4 Å². The Morgan fingerprint density at radius 3 is 1.67 bits per heavy atom. The number of benzene rings is 2. The lowest BCUT2D eigenvalue weighted by atomic mass is 10.2. The first-order valence-corrected chi connectivity index (χ1v) is 29.6. The number of H-pyrrole nitrogens is 1. The zero-order valence-corrected chi connectivity index (χ0v) is 52.4. The van der Waals surface area contributed by atoms with E-state index in [0.29, 0.717) is 72.5 Å². The molecule has 0 saturated heterocycles. The first-order valence-electron chi connectivity index (χ1n) is 26.3. The molecule has 0 spiro atoms. The van der Waals surface area contributed by atoms with E-state index in [0.717, 1.165) is 44.8 Å². The highest BCUT2D eigenvalue weighted by Crippen LogP contribution is 2.33. The number of fused-ring (bicyclic) bond motifs is 2. The number of nitrogens with zero attached hydrogens (tertiary/aromatic N) is 12. The molecule has 86 heavy (non-hydrogen) atoms. The van der Waals surface area contributed by atoms with Gasteiger partial charge in [-0.15, -0.1) is 33.4 Å². The van der Waals surface area contributed by atoms with E-state index in [-0.39, 0.29) is 35.1 Å². The topological polar surface area (TPSA) is 241 Å². The lowest BCUT2D eigenvalue weighted by Gasteiger charge is -2.12. The van der Waals surface area contributed by atoms with E-state index in [9.17, 15) is 19.2 Å². The van der Waals surface area contributed by atoms with Crippen LogP contribution >= 0.6 is 70.4 Å². The molecule has 0 unspecified atom stereocenters. The summed E-state index contributed by atoms with van der Waals surface area (Å²) < 4.78 is 11.8. The fraction of sp³-hybridized carbons (Fsp3) is 0.197. The predicted octanol–water partition coefficient (Wildman–Crippen LogP) is 12.6. The Bertz CT molecular complexity index is 4350. The highest BCUT2D eigenvalue weighted by Gasteiger charge is 2.19. The minimum atomic E-state index is -0.506. The Labute approximate surface area is 524 Å². The Kier molecular flexibility index (Phi) is 23.5. The summed E-state index contributed by atoms with van der Waals surface area (Å²) in [6.07, 6.45) is 12.0. The van der Waals surface area contributed by atoms with Crippen LogP contribution in [0.2, 0.25) is 10.0 Å². The van der Waals surface area contributed by atoms with Crippen LogP contribution in [0.3, 0.4) is 0 Å². The Morgan fingerprint density at radius 2 is 1.16 bits per heavy atom. The molecule has 25 heteroatoms. The predicted molar refractivity (Wildman–Crippen MR) is 343 cm³/mol. The van der Waals surface area contributed by atoms with Gasteiger partial charge in [-0.3, -0.25) is 52.2 Å². The van der Waals surface area contributed by atoms with Gasteiger partial charge in [0.05, 0.1) is 51.2 Å². The number of pyridine rings is 5. The number of aromatic amines is 1. The second-order valence-corrected chi connectivity index (χ2v) is 21.6. The fourth-order valence-corrected chi connectivity index (χ4v) is 9.62. The average molecular weight is 1270 g/mol. The number of nitrogens with two attached hydrogens (primary N) is 1. The molecule has 9 heterocycles. The number of anilines is 1. The van der Waals surface area contributed by atoms with Crippen LogP contribution in [0.15, 0.2) is 161 Å². The molecule has 0 radical (unpaired) electrons. The molecule has 0 aliphatic heterocycles. The number of aryl methyl sites for hydroxylation is 6. The number of alkyl halides is 2. The van der Waals surface area contributed by atoms with Gasteiger partial charge in [-0.2, -0.15) is 5.10 Å². The van der Waals surface area contributed by atoms with Crippen molar-refractivity contribution in [2.45, 2.75) is 71.7 Å². The normalized spacial score (nSPS) is 10.6. The fourth-order valence-electron chi connectivity index (χ4n) is 7.88. The molecule has 9 aromatic heterocycles. The van der Waals surface area contributed by atoms with Crippen LogP contribution in [0.5, 0.6) is 0 Å². The molecule has 442 valence electrons. The lowest BCUT2D eigenvalue weighted by molar-refractivity contribution is -0.145. The Morgan fingerprint density at radius 1 is 0.651 bits per heavy atom. The van der Waals surface area contributed by atoms with Crippen molar-refractivity contribution in [2.24, 2.45) is 0 Å². The molecule has 0 aliphatic rings. The average Bonchev–Trinajstić information content (AvgIpc) is 2.75. The molecule has 0 atom stereocenters. The number of thioether (sulfide) groups is 1. The number of halogens is 4. The minimum absolute atomic E-state index is 0.0845. The second-order valence-electron chi connectivity index (χ2n) is 18.9. The number of nitrogens with one attached hydrogen (secondary N) is 1. The van der Waals surface area contributed by atoms with Gasteiger partial charge in [-0.05, 0) is 161 Å². The highest BCUT2D eigenvalue weighted by atomic mass is 35.5. The minimum Gasteiger partial charge on any atom is -0.466 e. The van der Waals surface area contributed by atoms with E-state index >= 15 is 0 Å². The van der Waals surface area contributed by atoms with Gasteiger partial charge < -0.3 is 10.5 Å². The Balaban J connectivity index is 0.000000169. The summed E-state index contributed by atoms with van der Waals surface area (Å²) in [5, 5.41) is 17.8. The van der Waals surface area contributed by atoms with E-state index in [2.05, 4.69) is 50.1 Å². The summed E-state index contributed by atoms with van der Waals surface area (Å²) in [4.78, 5) is 66.3. The third-order valence-corrected chi connectivity index (χ3v) is 15.1. The summed E-state index contributed by atoms with van der Waals surface area (Å²) in [5.74, 6) is 1.74. The van der Waals surface area contributed by atoms with Gasteiger partial charge in [0.25, 0.3) is 11.1 Å². The van der Waals surface area contributed by atoms with E-state index < -0.39 is 5.97 Å². The summed E-state index contributed by atoms with van der Waals surface area (Å²) in [6, 6.07) is 31.3. The molecule has 0 aliphatic carbocycles. The molecule has 0 amide bonds. The Hall–Kier alpha value is -8.44. The van der Waals surface area contributed by atoms with E-state index in [1.165, 1.54) is 29.0 Å². The number of nitrogen functional groups attached to an aromatic ring is 1. The SMILES string of the molecule is CCOC(=O)CC(=O)CCl.Cc1cc2nc(CCl)cc(=O)n2cc1C.Cc1cc2nc(CSc3nnc(-c4ccncc4)n3-c3ccccc3Cl)cc(=O)n2cc1C.Cc1cnc(N)cc1C.S=c1[nH]nc(-c2ccncc2)n1-c1ccccc1Cl. The van der Waals surface area contributed by atoms with Crippen LogP contribution in [-0.4, -0.2) is 87.5 Å². The molecule has 11 rings (SSSR count). The van der Waals surface area contributed by atoms with Crippen molar-refractivity contribution in [3.05, 3.63) is 227 Å². The van der Waals surface area contributed by atoms with Crippen molar-refractivity contribution >= 4 is 99.2 Å². The molecule has 0 fully saturated rings. The molecule has 3 N–H and O–H groups in total. The van der Waals surface area contributed by atoms with Crippen molar-refractivity contribution in [1.29, 1.82) is 0 Å². The monoisotopic (exact) mass is 1270 g/mol. The number of esters is 1. The molecule has 11 aromatic rings. The summed E-state index contributed by atoms with van der Waals surface area (Å²) in [7, 11) is 0. The quantitative estimate of drug-likeness (QED) is 0.0380. The zero-order valence-electron chi connectivity index (χ0n) is 47.7. The number of ketones is 1. The van der Waals surface area contributed by atoms with Crippen LogP contribution in [-0.2, 0) is 26.0 Å². The summed E-state index contributed by atoms with van der Waals surface area (Å²) in [6.45, 7) is 14.0. The third-order valence-electron chi connectivity index (χ3n) is 12.7. The van der Waals surface area contributed by atoms with Gasteiger partial charge in [0.2, 0.25) is 0 Å². The maximum absolute atomic E-state index is 12.7. The van der Waals surface area contributed by atoms with E-state index in [1.807, 2.05) is 148 Å². The molecular weight excluding hydrogens is 1210 g/mol. The van der Waals surface area contributed by atoms with Crippen molar-refractivity contribution in [3.8, 4) is 34.2 Å². The van der Waals surface area contributed by atoms with Crippen LogP contribution in [0.25, 0.3) is 45.4 Å². The van der Waals surface area contributed by atoms with Crippen molar-refractivity contribution < 1.29 is 14.3 Å². The number of para-hydroxylation sites is 2. The number of rotatable bonds is 12. The smallest absolute Gasteiger partial charge is 0.313 e. The van der Waals surface area contributed by atoms with Gasteiger partial charge in [0.1, 0.15) is 23.5 Å². The van der Waals surface area contributed by atoms with Crippen LogP contribution in [0.1, 0.15) is 58.1 Å². The van der Waals surface area contributed by atoms with Gasteiger partial charge in [-0.1, -0.05) is 59.2 Å². The van der Waals surface area contributed by atoms with Crippen LogP contribution < -0.4 is 16.9 Å². The number of carbonyl (C=O) groups excluding carboxylic acids is 2. The van der Waals surface area contributed by atoms with Gasteiger partial charge >= 0.3 is 5.97 Å². The maximum atomic E-state index is 12.7. The van der Waals surface area contributed by atoms with Crippen molar-refractivity contribution in [1.82, 2.24) is 63.3 Å². The van der Waals surface area contributed by atoms with Crippen LogP contribution in [0, 0.1) is 46.3 Å². The summed E-state index contributed by atoms with van der Waals surface area (Å²) >= 11 is 30.3. The maximum Gasteiger partial charge on any atom is 0.313 e. The number of aromatic nitrogens is 13. The number of Topliss-reactive ketones (excluding diaryl/α,β-unsaturated/α-hetero) is 1. The van der Waals surface area contributed by atoms with Crippen molar-refractivity contribution in [2.75, 3.05) is 18.2 Å². The first kappa shape index (κ1) is 65.1. The standard InChI is InChI=1S/C24H19ClN6OS.C13H9ClN4S.C11H11ClN2O.C7H10N2.C6H9ClO3/c1-15-11-21-27-18(12-22(32)30(21)13-16(15)2)14-33-24-29-28-23(17-7-9-26-10-8-17)31(24)20-6-4-3-5-19(20)25;14-10-3-1-2-4-11(10)18-12(16-17-13(18)19)9-5-7-15-8-6-9;1-7-3-10-13-9(5-12)4-11(15)14(10)6-8(7)2;1-5-3-7(8)9-4-6(5)2;1-2-10-6(9)3-5(8)4-7/h3-13H,14H2,1-2H3;1-8H,(H,17,19);3-4,6H,5H2,1-2H3;3-4H,1-2H3,(H2,8,9);2-4H2,1H3. The van der Waals surface area contributed by atoms with Crippen molar-refractivity contribution in [3.63, 3.8) is 0 Å². The van der Waals surface area contributed by atoms with Gasteiger partial charge in [0.15, 0.2) is 27.4 Å². The molecule has 19 nitrogen and oxygen atoms in total. The van der Waals surface area contributed by atoms with Crippen LogP contribution in [0.4, 0.5) is 5.82 Å². The number of hydrogen-bond acceptors (Lipinski definition) is 16. The number of ether oxygens (including phenoxy) is 1. The third kappa shape index (κ3) is 17.1. The largest absolute Gasteiger partial charge is 0.466 e. The molecule has 0 bridgehead atoms. The number of hydrogen-bond donors (Lipinski definition) is 2. The van der Waals surface area contributed by atoms with Gasteiger partial charge in [-0.25, -0.2) is 15.0 Å². The van der Waals surface area contributed by atoms with E-state index in [4.69, 9.17) is 64.4 Å². The molecule has 2 aromatic carbocycles. The summed E-state index contributed by atoms with van der Waals surface area (Å²) in [5.41, 5.74) is 17.9. The number of carbonyl (C=O) groups is 2. The van der Waals surface area contributed by atoms with E-state index in [1.54, 1.807) is 59.0 Å². The second kappa shape index (κ2) is 31.1. The highest BCUT2D eigenvalue weighted by molar-refractivity contribution is 7.98. The zero-order chi connectivity index (χ0) is 62.0. The molecule has 0 saturated carbocycles. The first-order chi connectivity index (χ1) is 41.3. The molecular formula is C61H58Cl4N14O5S2.